The number of ether oxygens (including phenoxy) is 1. The van der Waals surface area contributed by atoms with E-state index in [2.05, 4.69) is 63.7 Å². The number of fused-ring (bicyclic) bond motifs is 1. The zero-order chi connectivity index (χ0) is 27.1. The molecule has 0 saturated carbocycles. The largest absolute Gasteiger partial charge is 0.369 e. The Morgan fingerprint density at radius 1 is 1.03 bits per heavy atom. The van der Waals surface area contributed by atoms with Gasteiger partial charge < -0.3 is 24.8 Å². The summed E-state index contributed by atoms with van der Waals surface area (Å²) in [5.74, 6) is -0.464. The van der Waals surface area contributed by atoms with Gasteiger partial charge in [-0.05, 0) is 48.6 Å². The predicted octanol–water partition coefficient (Wildman–Crippen LogP) is 2.81. The quantitative estimate of drug-likeness (QED) is 0.654. The minimum Gasteiger partial charge on any atom is -0.369 e. The molecule has 0 bridgehead atoms. The molecule has 1 unspecified atom stereocenters. The normalized spacial score (nSPS) is 25.8. The number of hydrogen-bond acceptors (Lipinski definition) is 6. The van der Waals surface area contributed by atoms with Gasteiger partial charge in [-0.1, -0.05) is 41.5 Å². The number of likely N-dealkylation sites (N-methyl/N-ethyl adjacent to an activating group) is 1. The lowest BCUT2D eigenvalue weighted by atomic mass is 9.78. The molecule has 3 aliphatic rings. The third kappa shape index (κ3) is 6.17. The van der Waals surface area contributed by atoms with Gasteiger partial charge in [-0.3, -0.25) is 14.4 Å². The van der Waals surface area contributed by atoms with Gasteiger partial charge in [0.25, 0.3) is 5.91 Å². The molecule has 4 atom stereocenters. The van der Waals surface area contributed by atoms with Crippen LogP contribution in [0.2, 0.25) is 0 Å². The number of carbonyl (C=O) groups excluding carboxylic acids is 3. The van der Waals surface area contributed by atoms with E-state index in [0.29, 0.717) is 18.5 Å². The molecule has 4 rings (SSSR count). The second-order valence-electron chi connectivity index (χ2n) is 13.3. The third-order valence-electron chi connectivity index (χ3n) is 8.00. The van der Waals surface area contributed by atoms with E-state index in [1.54, 1.807) is 4.90 Å². The second-order valence-corrected chi connectivity index (χ2v) is 13.3. The van der Waals surface area contributed by atoms with Crippen LogP contribution >= 0.6 is 0 Å². The number of anilines is 1. The summed E-state index contributed by atoms with van der Waals surface area (Å²) < 4.78 is 5.87. The first-order valence-corrected chi connectivity index (χ1v) is 13.5. The van der Waals surface area contributed by atoms with Crippen LogP contribution in [-0.4, -0.2) is 92.0 Å². The summed E-state index contributed by atoms with van der Waals surface area (Å²) in [6, 6.07) is 6.33. The molecular weight excluding hydrogens is 468 g/mol. The average molecular weight is 513 g/mol. The molecule has 1 aromatic carbocycles. The zero-order valence-corrected chi connectivity index (χ0v) is 23.5. The van der Waals surface area contributed by atoms with Gasteiger partial charge in [0.15, 0.2) is 5.78 Å². The van der Waals surface area contributed by atoms with Crippen molar-refractivity contribution in [1.82, 2.24) is 15.1 Å². The highest BCUT2D eigenvalue weighted by molar-refractivity contribution is 5.99. The molecule has 3 fully saturated rings. The summed E-state index contributed by atoms with van der Waals surface area (Å²) in [6.07, 6.45) is 0.185. The number of benzene rings is 1. The van der Waals surface area contributed by atoms with Crippen LogP contribution in [0, 0.1) is 16.7 Å². The summed E-state index contributed by atoms with van der Waals surface area (Å²) in [4.78, 5) is 46.3. The second kappa shape index (κ2) is 10.4. The highest BCUT2D eigenvalue weighted by atomic mass is 16.5. The number of carbonyl (C=O) groups is 3. The van der Waals surface area contributed by atoms with Crippen molar-refractivity contribution in [2.75, 3.05) is 51.3 Å². The molecule has 204 valence electrons. The molecule has 2 amide bonds. The van der Waals surface area contributed by atoms with Crippen molar-refractivity contribution in [3.8, 4) is 0 Å². The number of rotatable bonds is 5. The molecule has 3 aliphatic heterocycles. The molecule has 0 aromatic heterocycles. The fourth-order valence-electron chi connectivity index (χ4n) is 5.79. The maximum absolute atomic E-state index is 13.9. The number of likely N-dealkylation sites (tertiary alicyclic amines) is 1. The number of nitrogens with zero attached hydrogens (tertiary/aromatic N) is 3. The molecule has 8 nitrogen and oxygen atoms in total. The fourth-order valence-corrected chi connectivity index (χ4v) is 5.79. The maximum Gasteiger partial charge on any atom is 0.251 e. The van der Waals surface area contributed by atoms with Crippen molar-refractivity contribution in [2.24, 2.45) is 16.7 Å². The average Bonchev–Trinajstić information content (AvgIpc) is 3.38. The zero-order valence-electron chi connectivity index (χ0n) is 23.5. The van der Waals surface area contributed by atoms with Crippen LogP contribution in [0.5, 0.6) is 0 Å². The summed E-state index contributed by atoms with van der Waals surface area (Å²) >= 11 is 0. The first-order chi connectivity index (χ1) is 17.2. The fraction of sp³-hybridized carbons (Fsp3) is 0.690. The van der Waals surface area contributed by atoms with Gasteiger partial charge in [-0.2, -0.15) is 0 Å². The van der Waals surface area contributed by atoms with Crippen molar-refractivity contribution in [3.63, 3.8) is 0 Å². The lowest BCUT2D eigenvalue weighted by Crippen LogP contribution is -2.53. The van der Waals surface area contributed by atoms with Crippen LogP contribution in [0.4, 0.5) is 5.69 Å². The van der Waals surface area contributed by atoms with Crippen molar-refractivity contribution in [1.29, 1.82) is 0 Å². The Morgan fingerprint density at radius 2 is 1.65 bits per heavy atom. The number of ketones is 1. The summed E-state index contributed by atoms with van der Waals surface area (Å²) in [6.45, 7) is 17.0. The lowest BCUT2D eigenvalue weighted by molar-refractivity contribution is -0.138. The Balaban J connectivity index is 1.50. The monoisotopic (exact) mass is 512 g/mol. The number of hydrogen-bond donors (Lipinski definition) is 1. The van der Waals surface area contributed by atoms with E-state index < -0.39 is 12.1 Å². The van der Waals surface area contributed by atoms with Crippen LogP contribution in [0.15, 0.2) is 24.3 Å². The van der Waals surface area contributed by atoms with Crippen LogP contribution < -0.4 is 10.2 Å². The molecule has 3 heterocycles. The van der Waals surface area contributed by atoms with Crippen molar-refractivity contribution >= 4 is 23.3 Å². The van der Waals surface area contributed by atoms with Crippen molar-refractivity contribution < 1.29 is 19.1 Å². The SMILES string of the molecule is CN1CCN(c2ccc(C(=O)NC(CC(C)(C)C)C(=O)N3C[C@@H](C(C)(C)C)[C@H]4OCC(=O)[C@H]43)cc2)CC1. The van der Waals surface area contributed by atoms with E-state index in [0.717, 1.165) is 31.9 Å². The van der Waals surface area contributed by atoms with Crippen molar-refractivity contribution in [3.05, 3.63) is 29.8 Å². The van der Waals surface area contributed by atoms with Gasteiger partial charge in [-0.15, -0.1) is 0 Å². The van der Waals surface area contributed by atoms with E-state index in [1.807, 2.05) is 24.3 Å². The third-order valence-corrected chi connectivity index (χ3v) is 8.00. The Kier molecular flexibility index (Phi) is 7.73. The van der Waals surface area contributed by atoms with Gasteiger partial charge in [0.2, 0.25) is 5.91 Å². The van der Waals surface area contributed by atoms with Gasteiger partial charge in [0.05, 0.1) is 6.10 Å². The topological polar surface area (TPSA) is 82.2 Å². The predicted molar refractivity (Wildman–Crippen MR) is 145 cm³/mol. The van der Waals surface area contributed by atoms with Gasteiger partial charge >= 0.3 is 0 Å². The summed E-state index contributed by atoms with van der Waals surface area (Å²) in [5.41, 5.74) is 1.31. The molecule has 0 spiro atoms. The van der Waals surface area contributed by atoms with E-state index >= 15 is 0 Å². The molecule has 37 heavy (non-hydrogen) atoms. The Morgan fingerprint density at radius 3 is 2.22 bits per heavy atom. The van der Waals surface area contributed by atoms with E-state index in [-0.39, 0.29) is 47.1 Å². The van der Waals surface area contributed by atoms with Crippen molar-refractivity contribution in [2.45, 2.75) is 66.2 Å². The van der Waals surface area contributed by atoms with Crippen LogP contribution in [0.1, 0.15) is 58.3 Å². The highest BCUT2D eigenvalue weighted by Crippen LogP contribution is 2.42. The molecule has 1 aromatic rings. The minimum atomic E-state index is -0.724. The maximum atomic E-state index is 13.9. The van der Waals surface area contributed by atoms with E-state index in [4.69, 9.17) is 4.74 Å². The van der Waals surface area contributed by atoms with Crippen LogP contribution in [-0.2, 0) is 14.3 Å². The minimum absolute atomic E-state index is 0.0433. The smallest absolute Gasteiger partial charge is 0.251 e. The first kappa shape index (κ1) is 27.6. The van der Waals surface area contributed by atoms with Crippen LogP contribution in [0.3, 0.4) is 0 Å². The Labute approximate surface area is 221 Å². The molecule has 3 saturated heterocycles. The van der Waals surface area contributed by atoms with E-state index in [1.165, 1.54) is 0 Å². The molecule has 0 aliphatic carbocycles. The lowest BCUT2D eigenvalue weighted by Gasteiger charge is -2.34. The Hall–Kier alpha value is -2.45. The molecule has 0 radical (unpaired) electrons. The molecular formula is C29H44N4O4. The number of piperazine rings is 1. The summed E-state index contributed by atoms with van der Waals surface area (Å²) in [7, 11) is 2.13. The number of Topliss-reactive ketones (excluding diaryl/α,β-unsaturated/α-hetero) is 1. The van der Waals surface area contributed by atoms with Gasteiger partial charge in [0, 0.05) is 49.9 Å². The van der Waals surface area contributed by atoms with Gasteiger partial charge in [0.1, 0.15) is 18.7 Å². The van der Waals surface area contributed by atoms with E-state index in [9.17, 15) is 14.4 Å². The molecule has 8 heteroatoms. The highest BCUT2D eigenvalue weighted by Gasteiger charge is 2.56. The standard InChI is InChI=1S/C29H44N4O4/c1-28(2,3)16-22(27(36)33-17-21(29(4,5)6)25-24(33)23(34)18-37-25)30-26(35)19-8-10-20(11-9-19)32-14-12-31(7)13-15-32/h8-11,21-22,24-25H,12-18H2,1-7H3,(H,30,35)/t21-,22?,24-,25-/m1/s1. The molecule has 1 N–H and O–H groups in total. The number of nitrogens with one attached hydrogen (secondary N) is 1. The summed E-state index contributed by atoms with van der Waals surface area (Å²) in [5, 5.41) is 3.02. The van der Waals surface area contributed by atoms with Crippen LogP contribution in [0.25, 0.3) is 0 Å². The number of amides is 2. The first-order valence-electron chi connectivity index (χ1n) is 13.5. The Bertz CT molecular complexity index is 1000. The van der Waals surface area contributed by atoms with Gasteiger partial charge in [-0.25, -0.2) is 0 Å².